The molecule has 0 saturated heterocycles. The normalized spacial score (nSPS) is 11.1. The van der Waals surface area contributed by atoms with Crippen LogP contribution in [0.5, 0.6) is 0 Å². The summed E-state index contributed by atoms with van der Waals surface area (Å²) in [6, 6.07) is 3.77. The molecule has 19 heavy (non-hydrogen) atoms. The maximum atomic E-state index is 7.58. The van der Waals surface area contributed by atoms with Gasteiger partial charge in [0.1, 0.15) is 11.7 Å². The predicted octanol–water partition coefficient (Wildman–Crippen LogP) is 2.79. The molecule has 0 unspecified atom stereocenters. The number of hydrogen-bond donors (Lipinski definition) is 2. The number of hydrogen-bond acceptors (Lipinski definition) is 3. The molecule has 0 aliphatic heterocycles. The van der Waals surface area contributed by atoms with E-state index in [2.05, 4.69) is 37.6 Å². The average molecular weight is 262 g/mol. The van der Waals surface area contributed by atoms with E-state index < -0.39 is 0 Å². The molecule has 0 bridgehead atoms. The lowest BCUT2D eigenvalue weighted by Gasteiger charge is -2.28. The van der Waals surface area contributed by atoms with Crippen LogP contribution >= 0.6 is 0 Å². The van der Waals surface area contributed by atoms with Crippen molar-refractivity contribution >= 4 is 11.7 Å². The first-order valence-corrected chi connectivity index (χ1v) is 6.87. The molecule has 0 aromatic carbocycles. The molecule has 4 heteroatoms. The summed E-state index contributed by atoms with van der Waals surface area (Å²) in [5.74, 6) is 2.16. The SMILES string of the molecule is Cc1cc(C(=N)N)cc(N(CC(C)C)CC(C)C)n1. The molecule has 0 saturated carbocycles. The number of aryl methyl sites for hydroxylation is 1. The number of aromatic nitrogens is 1. The predicted molar refractivity (Wildman–Crippen MR) is 81.9 cm³/mol. The Morgan fingerprint density at radius 2 is 1.74 bits per heavy atom. The van der Waals surface area contributed by atoms with Gasteiger partial charge in [0.15, 0.2) is 0 Å². The standard InChI is InChI=1S/C15H26N4/c1-10(2)8-19(9-11(3)4)14-7-13(15(16)17)6-12(5)18-14/h6-7,10-11H,8-9H2,1-5H3,(H3,16,17). The maximum Gasteiger partial charge on any atom is 0.129 e. The van der Waals surface area contributed by atoms with Gasteiger partial charge >= 0.3 is 0 Å². The minimum atomic E-state index is 0.0980. The van der Waals surface area contributed by atoms with Gasteiger partial charge in [0.25, 0.3) is 0 Å². The van der Waals surface area contributed by atoms with Crippen LogP contribution in [0, 0.1) is 24.2 Å². The van der Waals surface area contributed by atoms with Crippen molar-refractivity contribution in [3.63, 3.8) is 0 Å². The Kier molecular flexibility index (Phi) is 5.33. The van der Waals surface area contributed by atoms with E-state index >= 15 is 0 Å². The Hall–Kier alpha value is -1.58. The zero-order chi connectivity index (χ0) is 14.6. The molecule has 1 aromatic heterocycles. The Morgan fingerprint density at radius 3 is 2.16 bits per heavy atom. The van der Waals surface area contributed by atoms with Crippen molar-refractivity contribution in [3.05, 3.63) is 23.4 Å². The fraction of sp³-hybridized carbons (Fsp3) is 0.600. The van der Waals surface area contributed by atoms with Crippen LogP contribution in [0.4, 0.5) is 5.82 Å². The van der Waals surface area contributed by atoms with E-state index in [1.54, 1.807) is 0 Å². The summed E-state index contributed by atoms with van der Waals surface area (Å²) in [5.41, 5.74) is 7.24. The highest BCUT2D eigenvalue weighted by molar-refractivity contribution is 5.95. The molecule has 0 fully saturated rings. The molecule has 1 aromatic rings. The van der Waals surface area contributed by atoms with Gasteiger partial charge in [-0.3, -0.25) is 5.41 Å². The van der Waals surface area contributed by atoms with Crippen LogP contribution in [0.2, 0.25) is 0 Å². The third-order valence-electron chi connectivity index (χ3n) is 2.75. The van der Waals surface area contributed by atoms with E-state index in [-0.39, 0.29) is 5.84 Å². The van der Waals surface area contributed by atoms with Crippen molar-refractivity contribution in [2.45, 2.75) is 34.6 Å². The van der Waals surface area contributed by atoms with Gasteiger partial charge in [-0.25, -0.2) is 4.98 Å². The zero-order valence-corrected chi connectivity index (χ0v) is 12.7. The maximum absolute atomic E-state index is 7.58. The first-order chi connectivity index (χ1) is 8.79. The molecule has 0 aliphatic carbocycles. The van der Waals surface area contributed by atoms with E-state index in [1.165, 1.54) is 0 Å². The van der Waals surface area contributed by atoms with Crippen LogP contribution in [-0.4, -0.2) is 23.9 Å². The van der Waals surface area contributed by atoms with Gasteiger partial charge in [0.05, 0.1) is 0 Å². The topological polar surface area (TPSA) is 66.0 Å². The second kappa shape index (κ2) is 6.55. The van der Waals surface area contributed by atoms with Gasteiger partial charge in [0, 0.05) is 24.3 Å². The third-order valence-corrected chi connectivity index (χ3v) is 2.75. The van der Waals surface area contributed by atoms with Gasteiger partial charge in [-0.1, -0.05) is 27.7 Å². The number of anilines is 1. The molecule has 0 aliphatic rings. The van der Waals surface area contributed by atoms with E-state index in [4.69, 9.17) is 11.1 Å². The molecule has 106 valence electrons. The molecular weight excluding hydrogens is 236 g/mol. The molecule has 0 radical (unpaired) electrons. The van der Waals surface area contributed by atoms with Crippen LogP contribution in [-0.2, 0) is 0 Å². The summed E-state index contributed by atoms with van der Waals surface area (Å²) in [7, 11) is 0. The van der Waals surface area contributed by atoms with Gasteiger partial charge in [0.2, 0.25) is 0 Å². The molecule has 0 atom stereocenters. The minimum absolute atomic E-state index is 0.0980. The highest BCUT2D eigenvalue weighted by atomic mass is 15.2. The number of nitrogens with two attached hydrogens (primary N) is 1. The fourth-order valence-electron chi connectivity index (χ4n) is 2.11. The highest BCUT2D eigenvalue weighted by Gasteiger charge is 2.13. The van der Waals surface area contributed by atoms with E-state index in [0.29, 0.717) is 11.8 Å². The molecule has 4 nitrogen and oxygen atoms in total. The van der Waals surface area contributed by atoms with Crippen LogP contribution in [0.25, 0.3) is 0 Å². The summed E-state index contributed by atoms with van der Waals surface area (Å²) >= 11 is 0. The zero-order valence-electron chi connectivity index (χ0n) is 12.7. The van der Waals surface area contributed by atoms with Gasteiger partial charge < -0.3 is 10.6 Å². The molecular formula is C15H26N4. The van der Waals surface area contributed by atoms with Crippen LogP contribution < -0.4 is 10.6 Å². The second-order valence-electron chi connectivity index (χ2n) is 5.96. The number of rotatable bonds is 6. The van der Waals surface area contributed by atoms with Crippen molar-refractivity contribution in [2.24, 2.45) is 17.6 Å². The molecule has 1 heterocycles. The van der Waals surface area contributed by atoms with Gasteiger partial charge in [-0.2, -0.15) is 0 Å². The molecule has 0 amide bonds. The van der Waals surface area contributed by atoms with Crippen LogP contribution in [0.1, 0.15) is 39.0 Å². The summed E-state index contributed by atoms with van der Waals surface area (Å²) < 4.78 is 0. The van der Waals surface area contributed by atoms with Gasteiger partial charge in [-0.05, 0) is 30.9 Å². The lowest BCUT2D eigenvalue weighted by Crippen LogP contribution is -2.32. The summed E-state index contributed by atoms with van der Waals surface area (Å²) in [6.07, 6.45) is 0. The smallest absolute Gasteiger partial charge is 0.129 e. The van der Waals surface area contributed by atoms with Gasteiger partial charge in [-0.15, -0.1) is 0 Å². The lowest BCUT2D eigenvalue weighted by atomic mass is 10.1. The van der Waals surface area contributed by atoms with E-state index in [1.807, 2.05) is 19.1 Å². The van der Waals surface area contributed by atoms with Crippen molar-refractivity contribution < 1.29 is 0 Å². The van der Waals surface area contributed by atoms with Crippen LogP contribution in [0.3, 0.4) is 0 Å². The summed E-state index contributed by atoms with van der Waals surface area (Å²) in [5, 5.41) is 7.58. The Bertz CT molecular complexity index is 428. The summed E-state index contributed by atoms with van der Waals surface area (Å²) in [6.45, 7) is 12.7. The van der Waals surface area contributed by atoms with E-state index in [0.717, 1.165) is 30.2 Å². The average Bonchev–Trinajstić information content (AvgIpc) is 2.25. The monoisotopic (exact) mass is 262 g/mol. The first-order valence-electron chi connectivity index (χ1n) is 6.87. The Balaban J connectivity index is 3.09. The largest absolute Gasteiger partial charge is 0.384 e. The van der Waals surface area contributed by atoms with Crippen molar-refractivity contribution in [1.82, 2.24) is 4.98 Å². The number of amidine groups is 1. The van der Waals surface area contributed by atoms with Crippen molar-refractivity contribution in [1.29, 1.82) is 5.41 Å². The Labute approximate surface area is 116 Å². The molecule has 1 rings (SSSR count). The molecule has 0 spiro atoms. The van der Waals surface area contributed by atoms with Crippen molar-refractivity contribution in [3.8, 4) is 0 Å². The number of nitrogen functional groups attached to an aromatic ring is 1. The second-order valence-corrected chi connectivity index (χ2v) is 5.96. The number of nitrogens with one attached hydrogen (secondary N) is 1. The third kappa shape index (κ3) is 4.89. The summed E-state index contributed by atoms with van der Waals surface area (Å²) in [4.78, 5) is 6.88. The quantitative estimate of drug-likeness (QED) is 0.612. The number of nitrogens with zero attached hydrogens (tertiary/aromatic N) is 2. The van der Waals surface area contributed by atoms with Crippen molar-refractivity contribution in [2.75, 3.05) is 18.0 Å². The molecule has 3 N–H and O–H groups in total. The number of pyridine rings is 1. The first kappa shape index (κ1) is 15.5. The van der Waals surface area contributed by atoms with Crippen LogP contribution in [0.15, 0.2) is 12.1 Å². The minimum Gasteiger partial charge on any atom is -0.384 e. The lowest BCUT2D eigenvalue weighted by molar-refractivity contribution is 0.548. The highest BCUT2D eigenvalue weighted by Crippen LogP contribution is 2.18. The fourth-order valence-corrected chi connectivity index (χ4v) is 2.11. The Morgan fingerprint density at radius 1 is 1.21 bits per heavy atom. The van der Waals surface area contributed by atoms with E-state index in [9.17, 15) is 0 Å².